The van der Waals surface area contributed by atoms with Gasteiger partial charge in [0.2, 0.25) is 0 Å². The van der Waals surface area contributed by atoms with Gasteiger partial charge in [-0.3, -0.25) is 4.68 Å². The number of aromatic nitrogens is 2. The summed E-state index contributed by atoms with van der Waals surface area (Å²) >= 11 is 6.00. The Hall–Kier alpha value is -1.43. The first kappa shape index (κ1) is 15.0. The topological polar surface area (TPSA) is 39.1 Å². The number of ether oxygens (including phenoxy) is 1. The molecule has 0 aliphatic heterocycles. The van der Waals surface area contributed by atoms with Gasteiger partial charge in [0.05, 0.1) is 19.3 Å². The van der Waals surface area contributed by atoms with Crippen LogP contribution in [-0.4, -0.2) is 30.0 Å². The molecule has 2 rings (SSSR count). The first-order valence-corrected chi connectivity index (χ1v) is 6.72. The lowest BCUT2D eigenvalue weighted by Crippen LogP contribution is -2.18. The van der Waals surface area contributed by atoms with E-state index in [9.17, 15) is 4.39 Å². The molecule has 0 saturated heterocycles. The maximum absolute atomic E-state index is 13.0. The van der Waals surface area contributed by atoms with Crippen LogP contribution in [0.3, 0.4) is 0 Å². The van der Waals surface area contributed by atoms with Crippen molar-refractivity contribution in [3.8, 4) is 0 Å². The minimum Gasteiger partial charge on any atom is -0.383 e. The molecule has 0 spiro atoms. The van der Waals surface area contributed by atoms with E-state index < -0.39 is 0 Å². The standard InChI is InChI=1S/C14H17ClFN3O/c1-20-5-4-17-7-11-8-18-19(9-11)10-12-2-3-13(16)6-14(12)15/h2-3,6,8-9,17H,4-5,7,10H2,1H3. The normalized spacial score (nSPS) is 10.9. The van der Waals surface area contributed by atoms with Crippen LogP contribution in [0.2, 0.25) is 5.02 Å². The fraction of sp³-hybridized carbons (Fsp3) is 0.357. The van der Waals surface area contributed by atoms with E-state index in [0.29, 0.717) is 18.2 Å². The lowest BCUT2D eigenvalue weighted by atomic mass is 10.2. The van der Waals surface area contributed by atoms with Crippen molar-refractivity contribution in [2.45, 2.75) is 13.1 Å². The summed E-state index contributed by atoms with van der Waals surface area (Å²) in [5.41, 5.74) is 1.93. The van der Waals surface area contributed by atoms with Crippen LogP contribution in [0.5, 0.6) is 0 Å². The molecule has 0 bridgehead atoms. The Morgan fingerprint density at radius 3 is 3.05 bits per heavy atom. The smallest absolute Gasteiger partial charge is 0.124 e. The molecule has 0 aliphatic carbocycles. The van der Waals surface area contributed by atoms with Crippen molar-refractivity contribution < 1.29 is 9.13 Å². The van der Waals surface area contributed by atoms with Gasteiger partial charge >= 0.3 is 0 Å². The van der Waals surface area contributed by atoms with Crippen LogP contribution < -0.4 is 5.32 Å². The van der Waals surface area contributed by atoms with Gasteiger partial charge in [-0.15, -0.1) is 0 Å². The lowest BCUT2D eigenvalue weighted by molar-refractivity contribution is 0.199. The Kier molecular flexibility index (Phi) is 5.52. The van der Waals surface area contributed by atoms with Crippen LogP contribution in [0.25, 0.3) is 0 Å². The molecular formula is C14H17ClFN3O. The number of benzene rings is 1. The molecule has 108 valence electrons. The minimum absolute atomic E-state index is 0.331. The fourth-order valence-corrected chi connectivity index (χ4v) is 2.04. The van der Waals surface area contributed by atoms with E-state index in [-0.39, 0.29) is 5.82 Å². The molecule has 0 aliphatic rings. The van der Waals surface area contributed by atoms with Gasteiger partial charge in [0.15, 0.2) is 0 Å². The Morgan fingerprint density at radius 2 is 2.30 bits per heavy atom. The molecule has 0 atom stereocenters. The van der Waals surface area contributed by atoms with Crippen LogP contribution >= 0.6 is 11.6 Å². The van der Waals surface area contributed by atoms with E-state index in [1.807, 2.05) is 6.20 Å². The SMILES string of the molecule is COCCNCc1cnn(Cc2ccc(F)cc2Cl)c1. The lowest BCUT2D eigenvalue weighted by Gasteiger charge is -2.04. The second kappa shape index (κ2) is 7.38. The Morgan fingerprint density at radius 1 is 1.45 bits per heavy atom. The first-order valence-electron chi connectivity index (χ1n) is 6.34. The van der Waals surface area contributed by atoms with Gasteiger partial charge in [-0.25, -0.2) is 4.39 Å². The van der Waals surface area contributed by atoms with Gasteiger partial charge in [0.25, 0.3) is 0 Å². The van der Waals surface area contributed by atoms with Crippen molar-refractivity contribution in [3.05, 3.63) is 52.6 Å². The molecule has 0 amide bonds. The predicted octanol–water partition coefficient (Wildman–Crippen LogP) is 2.46. The third kappa shape index (κ3) is 4.30. The molecule has 1 N–H and O–H groups in total. The first-order chi connectivity index (χ1) is 9.69. The Bertz CT molecular complexity index is 559. The van der Waals surface area contributed by atoms with Crippen molar-refractivity contribution >= 4 is 11.6 Å². The van der Waals surface area contributed by atoms with Crippen molar-refractivity contribution in [2.75, 3.05) is 20.3 Å². The van der Waals surface area contributed by atoms with Crippen molar-refractivity contribution in [1.82, 2.24) is 15.1 Å². The summed E-state index contributed by atoms with van der Waals surface area (Å²) in [7, 11) is 1.67. The Balaban J connectivity index is 1.92. The maximum Gasteiger partial charge on any atom is 0.124 e. The predicted molar refractivity (Wildman–Crippen MR) is 76.3 cm³/mol. The molecule has 1 aromatic carbocycles. The van der Waals surface area contributed by atoms with Crippen LogP contribution in [0.4, 0.5) is 4.39 Å². The van der Waals surface area contributed by atoms with E-state index >= 15 is 0 Å². The van der Waals surface area contributed by atoms with E-state index in [2.05, 4.69) is 10.4 Å². The summed E-state index contributed by atoms with van der Waals surface area (Å²) in [6.45, 7) is 2.74. The monoisotopic (exact) mass is 297 g/mol. The van der Waals surface area contributed by atoms with E-state index in [1.54, 1.807) is 24.1 Å². The molecule has 2 aromatic rings. The van der Waals surface area contributed by atoms with E-state index in [4.69, 9.17) is 16.3 Å². The highest BCUT2D eigenvalue weighted by atomic mass is 35.5. The number of hydrogen-bond acceptors (Lipinski definition) is 3. The van der Waals surface area contributed by atoms with E-state index in [1.165, 1.54) is 12.1 Å². The third-order valence-corrected chi connectivity index (χ3v) is 3.20. The molecule has 20 heavy (non-hydrogen) atoms. The van der Waals surface area contributed by atoms with Crippen LogP contribution in [0.1, 0.15) is 11.1 Å². The maximum atomic E-state index is 13.0. The third-order valence-electron chi connectivity index (χ3n) is 2.85. The summed E-state index contributed by atoms with van der Waals surface area (Å²) in [4.78, 5) is 0. The summed E-state index contributed by atoms with van der Waals surface area (Å²) in [5, 5.41) is 7.93. The largest absolute Gasteiger partial charge is 0.383 e. The van der Waals surface area contributed by atoms with Crippen LogP contribution in [0.15, 0.2) is 30.6 Å². The number of methoxy groups -OCH3 is 1. The molecule has 1 heterocycles. The summed E-state index contributed by atoms with van der Waals surface area (Å²) < 4.78 is 19.7. The van der Waals surface area contributed by atoms with Crippen molar-refractivity contribution in [3.63, 3.8) is 0 Å². The molecule has 0 unspecified atom stereocenters. The average molecular weight is 298 g/mol. The van der Waals surface area contributed by atoms with Gasteiger partial charge < -0.3 is 10.1 Å². The molecule has 0 fully saturated rings. The molecule has 0 saturated carbocycles. The van der Waals surface area contributed by atoms with Gasteiger partial charge in [0.1, 0.15) is 5.82 Å². The summed E-state index contributed by atoms with van der Waals surface area (Å²) in [5.74, 6) is -0.331. The number of halogens is 2. The molecule has 6 heteroatoms. The number of nitrogens with zero attached hydrogens (tertiary/aromatic N) is 2. The second-order valence-corrected chi connectivity index (χ2v) is 4.86. The molecule has 0 radical (unpaired) electrons. The minimum atomic E-state index is -0.331. The molecule has 4 nitrogen and oxygen atoms in total. The zero-order valence-electron chi connectivity index (χ0n) is 11.3. The van der Waals surface area contributed by atoms with Gasteiger partial charge in [-0.2, -0.15) is 5.10 Å². The molecule has 1 aromatic heterocycles. The average Bonchev–Trinajstić information content (AvgIpc) is 2.86. The van der Waals surface area contributed by atoms with Crippen LogP contribution in [0, 0.1) is 5.82 Å². The highest BCUT2D eigenvalue weighted by molar-refractivity contribution is 6.31. The summed E-state index contributed by atoms with van der Waals surface area (Å²) in [6, 6.07) is 4.39. The van der Waals surface area contributed by atoms with Crippen LogP contribution in [-0.2, 0) is 17.8 Å². The van der Waals surface area contributed by atoms with Gasteiger partial charge in [-0.1, -0.05) is 17.7 Å². The van der Waals surface area contributed by atoms with E-state index in [0.717, 1.165) is 24.2 Å². The van der Waals surface area contributed by atoms with Gasteiger partial charge in [-0.05, 0) is 17.7 Å². The Labute approximate surface area is 122 Å². The quantitative estimate of drug-likeness (QED) is 0.798. The van der Waals surface area contributed by atoms with Crippen molar-refractivity contribution in [2.24, 2.45) is 0 Å². The number of nitrogens with one attached hydrogen (secondary N) is 1. The second-order valence-electron chi connectivity index (χ2n) is 4.45. The highest BCUT2D eigenvalue weighted by Gasteiger charge is 2.04. The number of hydrogen-bond donors (Lipinski definition) is 1. The van der Waals surface area contributed by atoms with Gasteiger partial charge in [0, 0.05) is 37.0 Å². The zero-order chi connectivity index (χ0) is 14.4. The fourth-order valence-electron chi connectivity index (χ4n) is 1.82. The van der Waals surface area contributed by atoms with Crippen molar-refractivity contribution in [1.29, 1.82) is 0 Å². The molecular weight excluding hydrogens is 281 g/mol. The summed E-state index contributed by atoms with van der Waals surface area (Å²) in [6.07, 6.45) is 3.75. The zero-order valence-corrected chi connectivity index (χ0v) is 12.0. The number of rotatable bonds is 7. The highest BCUT2D eigenvalue weighted by Crippen LogP contribution is 2.18.